The Hall–Kier alpha value is -1.82. The minimum absolute atomic E-state index is 0.0300. The molecule has 114 valence electrons. The van der Waals surface area contributed by atoms with Crippen LogP contribution in [0.1, 0.15) is 18.9 Å². The van der Waals surface area contributed by atoms with Crippen LogP contribution in [0.4, 0.5) is 11.4 Å². The summed E-state index contributed by atoms with van der Waals surface area (Å²) in [4.78, 5) is 26.3. The van der Waals surface area contributed by atoms with E-state index in [0.717, 1.165) is 13.0 Å². The highest BCUT2D eigenvalue weighted by Crippen LogP contribution is 2.34. The minimum atomic E-state index is -0.463. The number of nitro benzene ring substituents is 1. The van der Waals surface area contributed by atoms with Crippen molar-refractivity contribution < 1.29 is 9.72 Å². The zero-order valence-electron chi connectivity index (χ0n) is 12.1. The van der Waals surface area contributed by atoms with E-state index in [1.165, 1.54) is 12.1 Å². The van der Waals surface area contributed by atoms with Gasteiger partial charge in [-0.3, -0.25) is 14.9 Å². The molecule has 0 unspecified atom stereocenters. The molecule has 1 aromatic rings. The number of carbonyl (C=O) groups excluding carboxylic acids is 1. The third-order valence-corrected chi connectivity index (χ3v) is 3.97. The fourth-order valence-electron chi connectivity index (χ4n) is 2.67. The second-order valence-electron chi connectivity index (χ2n) is 5.10. The molecule has 0 saturated carbocycles. The van der Waals surface area contributed by atoms with Crippen molar-refractivity contribution in [3.05, 3.63) is 32.8 Å². The van der Waals surface area contributed by atoms with Crippen LogP contribution in [0.15, 0.2) is 12.1 Å². The molecule has 0 N–H and O–H groups in total. The van der Waals surface area contributed by atoms with Crippen LogP contribution < -0.4 is 4.90 Å². The van der Waals surface area contributed by atoms with Gasteiger partial charge in [-0.1, -0.05) is 11.6 Å². The first kappa shape index (κ1) is 15.6. The molecule has 0 bridgehead atoms. The smallest absolute Gasteiger partial charge is 0.271 e. The molecular weight excluding hydrogens is 294 g/mol. The van der Waals surface area contributed by atoms with Crippen molar-refractivity contribution in [1.82, 2.24) is 4.90 Å². The monoisotopic (exact) mass is 311 g/mol. The number of nitro groups is 1. The molecule has 7 heteroatoms. The van der Waals surface area contributed by atoms with Gasteiger partial charge in [-0.2, -0.15) is 0 Å². The molecule has 1 aliphatic heterocycles. The molecule has 0 atom stereocenters. The predicted molar refractivity (Wildman–Crippen MR) is 81.9 cm³/mol. The highest BCUT2D eigenvalue weighted by Gasteiger charge is 2.24. The van der Waals surface area contributed by atoms with E-state index >= 15 is 0 Å². The Bertz CT molecular complexity index is 554. The maximum atomic E-state index is 12.2. The van der Waals surface area contributed by atoms with E-state index in [2.05, 4.69) is 0 Å². The second-order valence-corrected chi connectivity index (χ2v) is 5.51. The number of halogens is 1. The lowest BCUT2D eigenvalue weighted by molar-refractivity contribution is -0.384. The summed E-state index contributed by atoms with van der Waals surface area (Å²) < 4.78 is 0. The number of hydrogen-bond acceptors (Lipinski definition) is 4. The average molecular weight is 312 g/mol. The number of benzene rings is 1. The Kier molecular flexibility index (Phi) is 4.67. The van der Waals surface area contributed by atoms with E-state index in [0.29, 0.717) is 29.4 Å². The van der Waals surface area contributed by atoms with Crippen molar-refractivity contribution >= 4 is 28.9 Å². The first-order chi connectivity index (χ1) is 9.93. The number of hydrogen-bond donors (Lipinski definition) is 0. The van der Waals surface area contributed by atoms with E-state index in [4.69, 9.17) is 11.6 Å². The molecule has 1 aliphatic rings. The lowest BCUT2D eigenvalue weighted by Gasteiger charge is -2.25. The van der Waals surface area contributed by atoms with Gasteiger partial charge in [-0.15, -0.1) is 0 Å². The fraction of sp³-hybridized carbons (Fsp3) is 0.500. The largest absolute Gasteiger partial charge is 0.361 e. The standard InChI is InChI=1S/C14H18ClN3O3/c1-3-16-5-4-6-17(9-13(16)19)14-10(2)7-11(18(20)21)8-12(14)15/h7-8H,3-6,9H2,1-2H3. The molecule has 0 aromatic heterocycles. The van der Waals surface area contributed by atoms with E-state index in [-0.39, 0.29) is 18.1 Å². The highest BCUT2D eigenvalue weighted by atomic mass is 35.5. The van der Waals surface area contributed by atoms with E-state index in [9.17, 15) is 14.9 Å². The molecule has 1 saturated heterocycles. The third kappa shape index (κ3) is 3.26. The van der Waals surface area contributed by atoms with Crippen LogP contribution >= 0.6 is 11.6 Å². The van der Waals surface area contributed by atoms with Crippen molar-refractivity contribution in [2.75, 3.05) is 31.1 Å². The Morgan fingerprint density at radius 2 is 2.10 bits per heavy atom. The summed E-state index contributed by atoms with van der Waals surface area (Å²) in [6, 6.07) is 2.84. The highest BCUT2D eigenvalue weighted by molar-refractivity contribution is 6.33. The predicted octanol–water partition coefficient (Wildman–Crippen LogP) is 2.62. The van der Waals surface area contributed by atoms with Crippen LogP contribution in [-0.4, -0.2) is 41.9 Å². The summed E-state index contributed by atoms with van der Waals surface area (Å²) in [6.07, 6.45) is 0.854. The first-order valence-corrected chi connectivity index (χ1v) is 7.29. The van der Waals surface area contributed by atoms with Crippen molar-refractivity contribution in [3.8, 4) is 0 Å². The number of rotatable bonds is 3. The Labute approximate surface area is 128 Å². The van der Waals surface area contributed by atoms with Crippen LogP contribution in [0.5, 0.6) is 0 Å². The number of aryl methyl sites for hydroxylation is 1. The average Bonchev–Trinajstić information content (AvgIpc) is 2.59. The number of nitrogens with zero attached hydrogens (tertiary/aromatic N) is 3. The maximum Gasteiger partial charge on any atom is 0.271 e. The van der Waals surface area contributed by atoms with Crippen LogP contribution in [0, 0.1) is 17.0 Å². The van der Waals surface area contributed by atoms with Gasteiger partial charge in [0.2, 0.25) is 5.91 Å². The van der Waals surface area contributed by atoms with Gasteiger partial charge in [-0.25, -0.2) is 0 Å². The van der Waals surface area contributed by atoms with Gasteiger partial charge >= 0.3 is 0 Å². The van der Waals surface area contributed by atoms with E-state index in [1.54, 1.807) is 6.92 Å². The van der Waals surface area contributed by atoms with Crippen molar-refractivity contribution in [3.63, 3.8) is 0 Å². The number of non-ortho nitro benzene ring substituents is 1. The fourth-order valence-corrected chi connectivity index (χ4v) is 3.05. The molecule has 21 heavy (non-hydrogen) atoms. The zero-order chi connectivity index (χ0) is 15.6. The molecule has 1 aromatic carbocycles. The normalized spacial score (nSPS) is 16.0. The van der Waals surface area contributed by atoms with Crippen molar-refractivity contribution in [2.24, 2.45) is 0 Å². The first-order valence-electron chi connectivity index (χ1n) is 6.91. The minimum Gasteiger partial charge on any atom is -0.361 e. The van der Waals surface area contributed by atoms with Crippen molar-refractivity contribution in [2.45, 2.75) is 20.3 Å². The van der Waals surface area contributed by atoms with Gasteiger partial charge in [0.05, 0.1) is 22.2 Å². The summed E-state index contributed by atoms with van der Waals surface area (Å²) in [5, 5.41) is 11.2. The molecule has 1 fully saturated rings. The molecule has 6 nitrogen and oxygen atoms in total. The summed E-state index contributed by atoms with van der Waals surface area (Å²) >= 11 is 6.21. The topological polar surface area (TPSA) is 66.7 Å². The van der Waals surface area contributed by atoms with Crippen LogP contribution in [-0.2, 0) is 4.79 Å². The molecule has 0 spiro atoms. The Morgan fingerprint density at radius 1 is 1.38 bits per heavy atom. The third-order valence-electron chi connectivity index (χ3n) is 3.68. The van der Waals surface area contributed by atoms with Crippen molar-refractivity contribution in [1.29, 1.82) is 0 Å². The maximum absolute atomic E-state index is 12.2. The zero-order valence-corrected chi connectivity index (χ0v) is 12.9. The van der Waals surface area contributed by atoms with Gasteiger partial charge in [0.15, 0.2) is 0 Å². The lowest BCUT2D eigenvalue weighted by atomic mass is 10.1. The number of anilines is 1. The molecule has 1 heterocycles. The SMILES string of the molecule is CCN1CCCN(c2c(C)cc([N+](=O)[O-])cc2Cl)CC1=O. The summed E-state index contributed by atoms with van der Waals surface area (Å²) in [7, 11) is 0. The van der Waals surface area contributed by atoms with Gasteiger partial charge in [-0.05, 0) is 25.8 Å². The van der Waals surface area contributed by atoms with Crippen LogP contribution in [0.25, 0.3) is 0 Å². The van der Waals surface area contributed by atoms with Crippen LogP contribution in [0.2, 0.25) is 5.02 Å². The van der Waals surface area contributed by atoms with E-state index < -0.39 is 4.92 Å². The quantitative estimate of drug-likeness (QED) is 0.635. The van der Waals surface area contributed by atoms with Gasteiger partial charge in [0.1, 0.15) is 0 Å². The lowest BCUT2D eigenvalue weighted by Crippen LogP contribution is -2.36. The Balaban J connectivity index is 2.33. The van der Waals surface area contributed by atoms with Gasteiger partial charge in [0.25, 0.3) is 5.69 Å². The second kappa shape index (κ2) is 6.30. The van der Waals surface area contributed by atoms with Crippen LogP contribution in [0.3, 0.4) is 0 Å². The molecule has 2 rings (SSSR count). The summed E-state index contributed by atoms with van der Waals surface area (Å²) in [6.45, 7) is 6.13. The summed E-state index contributed by atoms with van der Waals surface area (Å²) in [5.41, 5.74) is 1.40. The number of carbonyl (C=O) groups is 1. The Morgan fingerprint density at radius 3 is 2.67 bits per heavy atom. The van der Waals surface area contributed by atoms with Gasteiger partial charge < -0.3 is 9.80 Å². The van der Waals surface area contributed by atoms with Gasteiger partial charge in [0, 0.05) is 31.8 Å². The molecule has 0 radical (unpaired) electrons. The number of likely N-dealkylation sites (N-methyl/N-ethyl adjacent to an activating group) is 1. The summed E-state index contributed by atoms with van der Waals surface area (Å²) in [5.74, 6) is 0.0591. The molecule has 0 aliphatic carbocycles. The molecule has 1 amide bonds. The molecular formula is C14H18ClN3O3. The van der Waals surface area contributed by atoms with E-state index in [1.807, 2.05) is 16.7 Å². The number of amides is 1.